The Bertz CT molecular complexity index is 1240. The highest BCUT2D eigenvalue weighted by Crippen LogP contribution is 2.29. The van der Waals surface area contributed by atoms with Crippen LogP contribution in [0.1, 0.15) is 36.7 Å². The van der Waals surface area contributed by atoms with Crippen molar-refractivity contribution < 1.29 is 26.4 Å². The minimum atomic E-state index is -4.44. The molecule has 0 unspecified atom stereocenters. The van der Waals surface area contributed by atoms with Crippen LogP contribution >= 0.6 is 0 Å². The number of sulfonamides is 1. The summed E-state index contributed by atoms with van der Waals surface area (Å²) >= 11 is 0. The first-order chi connectivity index (χ1) is 15.0. The molecule has 2 aromatic carbocycles. The van der Waals surface area contributed by atoms with Gasteiger partial charge >= 0.3 is 6.18 Å². The lowest BCUT2D eigenvalue weighted by Gasteiger charge is -2.10. The smallest absolute Gasteiger partial charge is 0.352 e. The van der Waals surface area contributed by atoms with Gasteiger partial charge in [-0.05, 0) is 42.3 Å². The zero-order valence-corrected chi connectivity index (χ0v) is 18.1. The van der Waals surface area contributed by atoms with Gasteiger partial charge in [0, 0.05) is 25.9 Å². The Kier molecular flexibility index (Phi) is 6.89. The molecule has 0 bridgehead atoms. The maximum atomic E-state index is 12.8. The lowest BCUT2D eigenvalue weighted by Crippen LogP contribution is -2.23. The monoisotopic (exact) mass is 468 g/mol. The summed E-state index contributed by atoms with van der Waals surface area (Å²) in [4.78, 5) is 16.7. The SMILES string of the molecule is CCCn1c(CCC(=O)NCc2cccc(C(F)(F)F)c2)nc2cc(S(N)(=O)=O)ccc21. The topological polar surface area (TPSA) is 107 Å². The van der Waals surface area contributed by atoms with E-state index >= 15 is 0 Å². The third-order valence-corrected chi connectivity index (χ3v) is 5.81. The fourth-order valence-electron chi connectivity index (χ4n) is 3.37. The molecule has 3 aromatic rings. The van der Waals surface area contributed by atoms with Crippen molar-refractivity contribution in [2.75, 3.05) is 0 Å². The number of benzene rings is 2. The molecule has 3 rings (SSSR count). The zero-order valence-electron chi connectivity index (χ0n) is 17.3. The van der Waals surface area contributed by atoms with Crippen LogP contribution in [0.5, 0.6) is 0 Å². The third-order valence-electron chi connectivity index (χ3n) is 4.89. The van der Waals surface area contributed by atoms with Crippen molar-refractivity contribution in [3.05, 3.63) is 59.4 Å². The molecule has 172 valence electrons. The van der Waals surface area contributed by atoms with Gasteiger partial charge in [0.05, 0.1) is 21.5 Å². The fraction of sp³-hybridized carbons (Fsp3) is 0.333. The summed E-state index contributed by atoms with van der Waals surface area (Å²) < 4.78 is 63.6. The quantitative estimate of drug-likeness (QED) is 0.529. The van der Waals surface area contributed by atoms with Gasteiger partial charge in [-0.3, -0.25) is 4.79 Å². The summed E-state index contributed by atoms with van der Waals surface area (Å²) in [5.41, 5.74) is 0.779. The number of nitrogens with two attached hydrogens (primary N) is 1. The zero-order chi connectivity index (χ0) is 23.5. The summed E-state index contributed by atoms with van der Waals surface area (Å²) in [6.45, 7) is 2.59. The van der Waals surface area contributed by atoms with Crippen molar-refractivity contribution in [3.63, 3.8) is 0 Å². The van der Waals surface area contributed by atoms with Crippen LogP contribution in [-0.2, 0) is 40.5 Å². The van der Waals surface area contributed by atoms with E-state index in [1.165, 1.54) is 24.3 Å². The van der Waals surface area contributed by atoms with Crippen molar-refractivity contribution >= 4 is 27.0 Å². The lowest BCUT2D eigenvalue weighted by molar-refractivity contribution is -0.137. The number of hydrogen-bond donors (Lipinski definition) is 2. The van der Waals surface area contributed by atoms with Gasteiger partial charge in [0.25, 0.3) is 0 Å². The van der Waals surface area contributed by atoms with Crippen molar-refractivity contribution in [3.8, 4) is 0 Å². The molecule has 0 saturated heterocycles. The van der Waals surface area contributed by atoms with Crippen LogP contribution in [-0.4, -0.2) is 23.9 Å². The van der Waals surface area contributed by atoms with E-state index in [0.29, 0.717) is 23.4 Å². The maximum Gasteiger partial charge on any atom is 0.416 e. The van der Waals surface area contributed by atoms with E-state index in [2.05, 4.69) is 10.3 Å². The molecular formula is C21H23F3N4O3S. The highest BCUT2D eigenvalue weighted by molar-refractivity contribution is 7.89. The van der Waals surface area contributed by atoms with E-state index in [9.17, 15) is 26.4 Å². The second-order valence-electron chi connectivity index (χ2n) is 7.35. The molecule has 0 radical (unpaired) electrons. The number of nitrogens with one attached hydrogen (secondary N) is 1. The molecule has 1 amide bonds. The molecule has 1 heterocycles. The largest absolute Gasteiger partial charge is 0.416 e. The number of primary sulfonamides is 1. The van der Waals surface area contributed by atoms with Gasteiger partial charge in [-0.2, -0.15) is 13.2 Å². The number of alkyl halides is 3. The first-order valence-corrected chi connectivity index (χ1v) is 11.5. The Hall–Kier alpha value is -2.92. The van der Waals surface area contributed by atoms with Gasteiger partial charge in [0.1, 0.15) is 5.82 Å². The van der Waals surface area contributed by atoms with Crippen LogP contribution < -0.4 is 10.5 Å². The van der Waals surface area contributed by atoms with E-state index in [-0.39, 0.29) is 30.2 Å². The van der Waals surface area contributed by atoms with E-state index in [0.717, 1.165) is 24.1 Å². The Morgan fingerprint density at radius 1 is 1.19 bits per heavy atom. The molecule has 11 heteroatoms. The van der Waals surface area contributed by atoms with E-state index < -0.39 is 21.8 Å². The van der Waals surface area contributed by atoms with Crippen molar-refractivity contribution in [2.24, 2.45) is 5.14 Å². The van der Waals surface area contributed by atoms with Crippen LogP contribution in [0.2, 0.25) is 0 Å². The van der Waals surface area contributed by atoms with Crippen LogP contribution in [0.15, 0.2) is 47.4 Å². The van der Waals surface area contributed by atoms with Gasteiger partial charge in [0.2, 0.25) is 15.9 Å². The molecule has 0 spiro atoms. The average Bonchev–Trinajstić information content (AvgIpc) is 3.07. The molecule has 7 nitrogen and oxygen atoms in total. The lowest BCUT2D eigenvalue weighted by atomic mass is 10.1. The summed E-state index contributed by atoms with van der Waals surface area (Å²) in [5.74, 6) is 0.283. The minimum absolute atomic E-state index is 0.0220. The fourth-order valence-corrected chi connectivity index (χ4v) is 3.91. The van der Waals surface area contributed by atoms with Crippen LogP contribution in [0, 0.1) is 0 Å². The molecule has 32 heavy (non-hydrogen) atoms. The van der Waals surface area contributed by atoms with Gasteiger partial charge in [-0.15, -0.1) is 0 Å². The number of fused-ring (bicyclic) bond motifs is 1. The third kappa shape index (κ3) is 5.65. The number of nitrogens with zero attached hydrogens (tertiary/aromatic N) is 2. The first kappa shape index (κ1) is 23.7. The first-order valence-electron chi connectivity index (χ1n) is 9.94. The molecule has 0 fully saturated rings. The van der Waals surface area contributed by atoms with E-state index in [1.807, 2.05) is 11.5 Å². The number of hydrogen-bond acceptors (Lipinski definition) is 4. The predicted octanol–water partition coefficient (Wildman–Crippen LogP) is 3.36. The molecule has 0 aliphatic heterocycles. The van der Waals surface area contributed by atoms with Gasteiger partial charge < -0.3 is 9.88 Å². The number of aromatic nitrogens is 2. The van der Waals surface area contributed by atoms with E-state index in [4.69, 9.17) is 5.14 Å². The van der Waals surface area contributed by atoms with Gasteiger partial charge in [-0.1, -0.05) is 19.1 Å². The number of halogens is 3. The summed E-state index contributed by atoms with van der Waals surface area (Å²) in [7, 11) is -3.87. The van der Waals surface area contributed by atoms with Gasteiger partial charge in [0.15, 0.2) is 0 Å². The van der Waals surface area contributed by atoms with Crippen molar-refractivity contribution in [2.45, 2.75) is 50.3 Å². The Labute approximate surface area is 183 Å². The van der Waals surface area contributed by atoms with Crippen molar-refractivity contribution in [1.29, 1.82) is 0 Å². The highest BCUT2D eigenvalue weighted by Gasteiger charge is 2.30. The number of aryl methyl sites for hydroxylation is 2. The van der Waals surface area contributed by atoms with Crippen molar-refractivity contribution in [1.82, 2.24) is 14.9 Å². The van der Waals surface area contributed by atoms with Crippen LogP contribution in [0.3, 0.4) is 0 Å². The normalized spacial score (nSPS) is 12.3. The second kappa shape index (κ2) is 9.29. The number of carbonyl (C=O) groups is 1. The van der Waals surface area contributed by atoms with Gasteiger partial charge in [-0.25, -0.2) is 18.5 Å². The second-order valence-corrected chi connectivity index (χ2v) is 8.91. The number of imidazole rings is 1. The molecule has 1 aromatic heterocycles. The maximum absolute atomic E-state index is 12.8. The predicted molar refractivity (Wildman–Crippen MR) is 113 cm³/mol. The Morgan fingerprint density at radius 2 is 1.94 bits per heavy atom. The molecule has 0 aliphatic rings. The van der Waals surface area contributed by atoms with Crippen LogP contribution in [0.4, 0.5) is 13.2 Å². The number of rotatable bonds is 8. The Morgan fingerprint density at radius 3 is 2.59 bits per heavy atom. The minimum Gasteiger partial charge on any atom is -0.352 e. The number of amides is 1. The molecule has 0 saturated carbocycles. The summed E-state index contributed by atoms with van der Waals surface area (Å²) in [6.07, 6.45) is -3.28. The molecular weight excluding hydrogens is 445 g/mol. The highest BCUT2D eigenvalue weighted by atomic mass is 32.2. The molecule has 3 N–H and O–H groups in total. The average molecular weight is 469 g/mol. The van der Waals surface area contributed by atoms with E-state index in [1.54, 1.807) is 6.07 Å². The Balaban J connectivity index is 1.70. The summed E-state index contributed by atoms with van der Waals surface area (Å²) in [5, 5.41) is 7.81. The number of carbonyl (C=O) groups excluding carboxylic acids is 1. The summed E-state index contributed by atoms with van der Waals surface area (Å²) in [6, 6.07) is 9.24. The van der Waals surface area contributed by atoms with Crippen LogP contribution in [0.25, 0.3) is 11.0 Å². The molecule has 0 aliphatic carbocycles. The standard InChI is InChI=1S/C21H23F3N4O3S/c1-2-10-28-18-7-6-16(32(25,30)31)12-17(18)27-19(28)8-9-20(29)26-13-14-4-3-5-15(11-14)21(22,23)24/h3-7,11-12H,2,8-10,13H2,1H3,(H,26,29)(H2,25,30,31). The molecule has 0 atom stereocenters.